The van der Waals surface area contributed by atoms with E-state index >= 15 is 0 Å². The number of ether oxygens (including phenoxy) is 3. The van der Waals surface area contributed by atoms with Gasteiger partial charge in [0.05, 0.1) is 0 Å². The van der Waals surface area contributed by atoms with Gasteiger partial charge < -0.3 is 14.2 Å². The largest absolute Gasteiger partial charge is 0.462 e. The van der Waals surface area contributed by atoms with Crippen LogP contribution in [-0.4, -0.2) is 37.2 Å². The van der Waals surface area contributed by atoms with Crippen molar-refractivity contribution in [1.29, 1.82) is 0 Å². The molecule has 0 aromatic rings. The smallest absolute Gasteiger partial charge is 0.306 e. The molecule has 0 spiro atoms. The molecule has 362 valence electrons. The highest BCUT2D eigenvalue weighted by molar-refractivity contribution is 5.71. The zero-order chi connectivity index (χ0) is 46.5. The van der Waals surface area contributed by atoms with Crippen LogP contribution in [0.25, 0.3) is 0 Å². The number of hydrogen-bond acceptors (Lipinski definition) is 6. The fourth-order valence-electron chi connectivity index (χ4n) is 6.65. The number of esters is 3. The minimum absolute atomic E-state index is 0.109. The molecular weight excluding hydrogens is 793 g/mol. The van der Waals surface area contributed by atoms with E-state index in [-0.39, 0.29) is 37.5 Å². The van der Waals surface area contributed by atoms with Crippen LogP contribution in [0.15, 0.2) is 109 Å². The molecule has 0 aliphatic carbocycles. The Morgan fingerprint density at radius 3 is 1.02 bits per heavy atom. The van der Waals surface area contributed by atoms with Crippen molar-refractivity contribution in [3.8, 4) is 0 Å². The molecule has 0 aliphatic rings. The van der Waals surface area contributed by atoms with Crippen molar-refractivity contribution in [2.45, 2.75) is 226 Å². The normalized spacial score (nSPS) is 13.0. The van der Waals surface area contributed by atoms with Gasteiger partial charge in [-0.05, 0) is 109 Å². The Morgan fingerprint density at radius 1 is 0.328 bits per heavy atom. The first-order chi connectivity index (χ1) is 31.5. The molecule has 0 radical (unpaired) electrons. The molecule has 0 N–H and O–H groups in total. The summed E-state index contributed by atoms with van der Waals surface area (Å²) in [5, 5.41) is 0. The van der Waals surface area contributed by atoms with E-state index in [0.29, 0.717) is 19.3 Å². The number of carbonyl (C=O) groups is 3. The molecule has 0 aromatic carbocycles. The Labute approximate surface area is 393 Å². The Bertz CT molecular complexity index is 1340. The molecule has 0 bridgehead atoms. The van der Waals surface area contributed by atoms with Crippen LogP contribution in [0.2, 0.25) is 0 Å². The molecular formula is C58H94O6. The molecule has 1 unspecified atom stereocenters. The molecule has 0 saturated carbocycles. The number of unbranched alkanes of at least 4 members (excludes halogenated alkanes) is 16. The maximum absolute atomic E-state index is 12.8. The van der Waals surface area contributed by atoms with Crippen molar-refractivity contribution < 1.29 is 28.6 Å². The van der Waals surface area contributed by atoms with Crippen LogP contribution < -0.4 is 0 Å². The van der Waals surface area contributed by atoms with E-state index in [2.05, 4.69) is 130 Å². The molecule has 0 rings (SSSR count). The van der Waals surface area contributed by atoms with Gasteiger partial charge in [0.25, 0.3) is 0 Å². The van der Waals surface area contributed by atoms with E-state index in [1.54, 1.807) is 0 Å². The summed E-state index contributed by atoms with van der Waals surface area (Å²) >= 11 is 0. The first kappa shape index (κ1) is 60.1. The second-order valence-electron chi connectivity index (χ2n) is 16.7. The number of hydrogen-bond donors (Lipinski definition) is 0. The SMILES string of the molecule is CC/C=C\C/C=C\C/C=C\C/C=C\C/C=C\CCCC(=O)OC(COC(=O)CCCCCC/C=C\CCCC)COC(=O)CCCCCCCCCCC/C=C\C/C=C\C/C=C\CC. The van der Waals surface area contributed by atoms with Crippen LogP contribution in [0, 0.1) is 0 Å². The monoisotopic (exact) mass is 887 g/mol. The van der Waals surface area contributed by atoms with Crippen molar-refractivity contribution in [3.63, 3.8) is 0 Å². The maximum Gasteiger partial charge on any atom is 0.306 e. The van der Waals surface area contributed by atoms with Gasteiger partial charge in [0.15, 0.2) is 6.10 Å². The second kappa shape index (κ2) is 51.7. The summed E-state index contributed by atoms with van der Waals surface area (Å²) < 4.78 is 16.7. The highest BCUT2D eigenvalue weighted by Crippen LogP contribution is 2.13. The summed E-state index contributed by atoms with van der Waals surface area (Å²) in [5.41, 5.74) is 0. The third-order valence-corrected chi connectivity index (χ3v) is 10.5. The van der Waals surface area contributed by atoms with Gasteiger partial charge in [-0.1, -0.05) is 201 Å². The van der Waals surface area contributed by atoms with Crippen LogP contribution in [-0.2, 0) is 28.6 Å². The van der Waals surface area contributed by atoms with Gasteiger partial charge in [0.1, 0.15) is 13.2 Å². The van der Waals surface area contributed by atoms with Crippen LogP contribution in [0.4, 0.5) is 0 Å². The predicted molar refractivity (Wildman–Crippen MR) is 274 cm³/mol. The Hall–Kier alpha value is -3.93. The summed E-state index contributed by atoms with van der Waals surface area (Å²) in [7, 11) is 0. The van der Waals surface area contributed by atoms with E-state index in [9.17, 15) is 14.4 Å². The number of rotatable bonds is 45. The Morgan fingerprint density at radius 2 is 0.625 bits per heavy atom. The highest BCUT2D eigenvalue weighted by Gasteiger charge is 2.19. The number of allylic oxidation sites excluding steroid dienone is 18. The molecule has 64 heavy (non-hydrogen) atoms. The van der Waals surface area contributed by atoms with Gasteiger partial charge >= 0.3 is 17.9 Å². The molecule has 0 heterocycles. The zero-order valence-electron chi connectivity index (χ0n) is 41.3. The standard InChI is InChI=1S/C58H94O6/c1-4-7-10-13-16-19-22-24-26-28-29-31-32-34-36-39-42-45-48-51-57(60)63-54-55(53-62-56(59)50-47-44-41-38-21-18-15-12-9-6-3)64-58(61)52-49-46-43-40-37-35-33-30-27-25-23-20-17-14-11-8-5-2/h7-8,10-11,15-20,24-27,33,35,40,43,55H,4-6,9,12-14,21-23,28-32,34,36-39,41-42,44-54H2,1-3H3/b10-7-,11-8-,18-15-,19-16-,20-17-,26-24-,27-25-,35-33-,43-40-. The predicted octanol–water partition coefficient (Wildman–Crippen LogP) is 17.1. The Kier molecular flexibility index (Phi) is 48.5. The van der Waals surface area contributed by atoms with Gasteiger partial charge in [-0.25, -0.2) is 0 Å². The van der Waals surface area contributed by atoms with E-state index in [1.807, 2.05) is 0 Å². The van der Waals surface area contributed by atoms with E-state index in [0.717, 1.165) is 116 Å². The van der Waals surface area contributed by atoms with Crippen molar-refractivity contribution in [1.82, 2.24) is 0 Å². The lowest BCUT2D eigenvalue weighted by molar-refractivity contribution is -0.167. The summed E-state index contributed by atoms with van der Waals surface area (Å²) in [6.07, 6.45) is 69.4. The summed E-state index contributed by atoms with van der Waals surface area (Å²) in [6, 6.07) is 0. The lowest BCUT2D eigenvalue weighted by Gasteiger charge is -2.18. The van der Waals surface area contributed by atoms with Crippen LogP contribution in [0.3, 0.4) is 0 Å². The van der Waals surface area contributed by atoms with Crippen LogP contribution >= 0.6 is 0 Å². The first-order valence-electron chi connectivity index (χ1n) is 25.9. The molecule has 0 saturated heterocycles. The van der Waals surface area contributed by atoms with Gasteiger partial charge in [-0.15, -0.1) is 0 Å². The summed E-state index contributed by atoms with van der Waals surface area (Å²) in [6.45, 7) is 6.29. The van der Waals surface area contributed by atoms with E-state index < -0.39 is 6.10 Å². The van der Waals surface area contributed by atoms with Gasteiger partial charge in [0.2, 0.25) is 0 Å². The topological polar surface area (TPSA) is 78.9 Å². The van der Waals surface area contributed by atoms with Crippen molar-refractivity contribution in [2.24, 2.45) is 0 Å². The van der Waals surface area contributed by atoms with Crippen molar-refractivity contribution >= 4 is 17.9 Å². The van der Waals surface area contributed by atoms with Gasteiger partial charge in [-0.2, -0.15) is 0 Å². The van der Waals surface area contributed by atoms with Gasteiger partial charge in [0, 0.05) is 19.3 Å². The maximum atomic E-state index is 12.8. The fourth-order valence-corrected chi connectivity index (χ4v) is 6.65. The molecule has 0 fully saturated rings. The van der Waals surface area contributed by atoms with Crippen molar-refractivity contribution in [2.75, 3.05) is 13.2 Å². The second-order valence-corrected chi connectivity index (χ2v) is 16.7. The molecule has 0 aliphatic heterocycles. The molecule has 0 amide bonds. The lowest BCUT2D eigenvalue weighted by atomic mass is 10.1. The third kappa shape index (κ3) is 49.1. The minimum Gasteiger partial charge on any atom is -0.462 e. The third-order valence-electron chi connectivity index (χ3n) is 10.5. The van der Waals surface area contributed by atoms with Gasteiger partial charge in [-0.3, -0.25) is 14.4 Å². The average Bonchev–Trinajstić information content (AvgIpc) is 3.29. The summed E-state index contributed by atoms with van der Waals surface area (Å²) in [4.78, 5) is 37.9. The summed E-state index contributed by atoms with van der Waals surface area (Å²) in [5.74, 6) is -0.993. The zero-order valence-corrected chi connectivity index (χ0v) is 41.3. The van der Waals surface area contributed by atoms with Crippen molar-refractivity contribution in [3.05, 3.63) is 109 Å². The highest BCUT2D eigenvalue weighted by atomic mass is 16.6. The quantitative estimate of drug-likeness (QED) is 0.0262. The molecule has 1 atom stereocenters. The van der Waals surface area contributed by atoms with Crippen LogP contribution in [0.1, 0.15) is 220 Å². The minimum atomic E-state index is -0.815. The average molecular weight is 887 g/mol. The Balaban J connectivity index is 4.45. The van der Waals surface area contributed by atoms with E-state index in [1.165, 1.54) is 57.8 Å². The number of carbonyl (C=O) groups excluding carboxylic acids is 3. The fraction of sp³-hybridized carbons (Fsp3) is 0.638. The molecule has 6 heteroatoms. The van der Waals surface area contributed by atoms with Crippen LogP contribution in [0.5, 0.6) is 0 Å². The first-order valence-corrected chi connectivity index (χ1v) is 25.9. The molecule has 0 aromatic heterocycles. The van der Waals surface area contributed by atoms with E-state index in [4.69, 9.17) is 14.2 Å². The lowest BCUT2D eigenvalue weighted by Crippen LogP contribution is -2.30. The molecule has 6 nitrogen and oxygen atoms in total.